The van der Waals surface area contributed by atoms with E-state index in [4.69, 9.17) is 9.47 Å². The first kappa shape index (κ1) is 13.5. The van der Waals surface area contributed by atoms with E-state index in [1.165, 1.54) is 0 Å². The summed E-state index contributed by atoms with van der Waals surface area (Å²) in [6.07, 6.45) is 6.91. The highest BCUT2D eigenvalue weighted by Gasteiger charge is 2.40. The van der Waals surface area contributed by atoms with E-state index in [0.29, 0.717) is 26.1 Å². The Bertz CT molecular complexity index is 452. The molecule has 3 heterocycles. The average molecular weight is 276 g/mol. The number of morpholine rings is 1. The third-order valence-corrected chi connectivity index (χ3v) is 3.91. The van der Waals surface area contributed by atoms with Gasteiger partial charge in [0.25, 0.3) is 0 Å². The molecule has 0 N–H and O–H groups in total. The average Bonchev–Trinajstić information content (AvgIpc) is 2.49. The van der Waals surface area contributed by atoms with Crippen LogP contribution in [0, 0.1) is 0 Å². The molecule has 2 aliphatic heterocycles. The van der Waals surface area contributed by atoms with E-state index in [1.54, 1.807) is 12.4 Å². The van der Waals surface area contributed by atoms with Crippen LogP contribution in [0.1, 0.15) is 24.8 Å². The predicted molar refractivity (Wildman–Crippen MR) is 73.0 cm³/mol. The van der Waals surface area contributed by atoms with Crippen molar-refractivity contribution in [2.45, 2.75) is 31.5 Å². The third-order valence-electron chi connectivity index (χ3n) is 3.91. The summed E-state index contributed by atoms with van der Waals surface area (Å²) in [5, 5.41) is 0. The molecule has 2 aliphatic rings. The largest absolute Gasteiger partial charge is 0.348 e. The Morgan fingerprint density at radius 3 is 3.00 bits per heavy atom. The molecule has 108 valence electrons. The van der Waals surface area contributed by atoms with Crippen LogP contribution in [0.2, 0.25) is 0 Å². The first-order chi connectivity index (χ1) is 9.77. The van der Waals surface area contributed by atoms with Gasteiger partial charge in [0.05, 0.1) is 26.2 Å². The van der Waals surface area contributed by atoms with E-state index in [0.717, 1.165) is 31.4 Å². The SMILES string of the molecule is O=C(Cc1cccnc1)N1CCOC2(CCCCO2)C1. The summed E-state index contributed by atoms with van der Waals surface area (Å²) in [5.41, 5.74) is 0.947. The molecule has 0 aromatic carbocycles. The maximum atomic E-state index is 12.4. The maximum absolute atomic E-state index is 12.4. The van der Waals surface area contributed by atoms with Crippen molar-refractivity contribution in [1.29, 1.82) is 0 Å². The minimum atomic E-state index is -0.554. The third kappa shape index (κ3) is 2.99. The van der Waals surface area contributed by atoms with Gasteiger partial charge in [0.2, 0.25) is 5.91 Å². The first-order valence-electron chi connectivity index (χ1n) is 7.22. The van der Waals surface area contributed by atoms with Gasteiger partial charge < -0.3 is 14.4 Å². The van der Waals surface area contributed by atoms with E-state index in [1.807, 2.05) is 17.0 Å². The summed E-state index contributed by atoms with van der Waals surface area (Å²) in [7, 11) is 0. The molecule has 1 aromatic heterocycles. The van der Waals surface area contributed by atoms with Gasteiger partial charge in [0, 0.05) is 25.4 Å². The van der Waals surface area contributed by atoms with Gasteiger partial charge in [-0.2, -0.15) is 0 Å². The van der Waals surface area contributed by atoms with Gasteiger partial charge in [-0.1, -0.05) is 6.07 Å². The molecule has 2 fully saturated rings. The molecule has 5 heteroatoms. The van der Waals surface area contributed by atoms with Crippen molar-refractivity contribution < 1.29 is 14.3 Å². The van der Waals surface area contributed by atoms with Crippen LogP contribution >= 0.6 is 0 Å². The number of hydrogen-bond donors (Lipinski definition) is 0. The molecule has 0 saturated carbocycles. The number of carbonyl (C=O) groups excluding carboxylic acids is 1. The minimum Gasteiger partial charge on any atom is -0.348 e. The zero-order valence-corrected chi connectivity index (χ0v) is 11.6. The Morgan fingerprint density at radius 2 is 2.25 bits per heavy atom. The number of rotatable bonds is 2. The molecule has 20 heavy (non-hydrogen) atoms. The van der Waals surface area contributed by atoms with Crippen molar-refractivity contribution >= 4 is 5.91 Å². The van der Waals surface area contributed by atoms with Gasteiger partial charge in [-0.05, 0) is 24.5 Å². The summed E-state index contributed by atoms with van der Waals surface area (Å²) >= 11 is 0. The Balaban J connectivity index is 1.63. The van der Waals surface area contributed by atoms with Crippen LogP contribution in [-0.4, -0.2) is 47.9 Å². The molecule has 2 saturated heterocycles. The maximum Gasteiger partial charge on any atom is 0.227 e. The fourth-order valence-corrected chi connectivity index (χ4v) is 2.82. The van der Waals surface area contributed by atoms with E-state index in [9.17, 15) is 4.79 Å². The lowest BCUT2D eigenvalue weighted by atomic mass is 10.0. The molecule has 1 amide bonds. The summed E-state index contributed by atoms with van der Waals surface area (Å²) in [5.74, 6) is -0.434. The second kappa shape index (κ2) is 5.89. The number of aromatic nitrogens is 1. The molecule has 1 aromatic rings. The highest BCUT2D eigenvalue weighted by molar-refractivity contribution is 5.78. The topological polar surface area (TPSA) is 51.7 Å². The summed E-state index contributed by atoms with van der Waals surface area (Å²) in [6.45, 7) is 2.47. The molecule has 1 spiro atoms. The lowest BCUT2D eigenvalue weighted by molar-refractivity contribution is -0.280. The van der Waals surface area contributed by atoms with Crippen LogP contribution in [0.25, 0.3) is 0 Å². The number of nitrogens with zero attached hydrogens (tertiary/aromatic N) is 2. The Labute approximate surface area is 118 Å². The predicted octanol–water partition coefficient (Wildman–Crippen LogP) is 1.38. The normalized spacial score (nSPS) is 26.7. The molecular formula is C15H20N2O3. The monoisotopic (exact) mass is 276 g/mol. The number of pyridine rings is 1. The van der Waals surface area contributed by atoms with Gasteiger partial charge in [-0.15, -0.1) is 0 Å². The van der Waals surface area contributed by atoms with E-state index < -0.39 is 5.79 Å². The number of hydrogen-bond acceptors (Lipinski definition) is 4. The van der Waals surface area contributed by atoms with Crippen LogP contribution in [0.5, 0.6) is 0 Å². The Morgan fingerprint density at radius 1 is 1.35 bits per heavy atom. The summed E-state index contributed by atoms with van der Waals surface area (Å²) < 4.78 is 11.6. The summed E-state index contributed by atoms with van der Waals surface area (Å²) in [6, 6.07) is 3.78. The van der Waals surface area contributed by atoms with Crippen molar-refractivity contribution in [3.63, 3.8) is 0 Å². The zero-order chi connectivity index (χ0) is 13.8. The number of ether oxygens (including phenoxy) is 2. The highest BCUT2D eigenvalue weighted by atomic mass is 16.7. The van der Waals surface area contributed by atoms with E-state index in [-0.39, 0.29) is 5.91 Å². The van der Waals surface area contributed by atoms with E-state index in [2.05, 4.69) is 4.98 Å². The highest BCUT2D eigenvalue weighted by Crippen LogP contribution is 2.29. The standard InChI is InChI=1S/C15H20N2O3/c18-14(10-13-4-3-6-16-11-13)17-7-9-20-15(12-17)5-1-2-8-19-15/h3-4,6,11H,1-2,5,7-10,12H2. The van der Waals surface area contributed by atoms with Crippen molar-refractivity contribution in [3.05, 3.63) is 30.1 Å². The number of amides is 1. The quantitative estimate of drug-likeness (QED) is 0.819. The van der Waals surface area contributed by atoms with Crippen LogP contribution < -0.4 is 0 Å². The molecule has 3 rings (SSSR count). The number of carbonyl (C=O) groups is 1. The van der Waals surface area contributed by atoms with Gasteiger partial charge in [-0.3, -0.25) is 9.78 Å². The summed E-state index contributed by atoms with van der Waals surface area (Å²) in [4.78, 5) is 18.3. The lowest BCUT2D eigenvalue weighted by Gasteiger charge is -2.44. The van der Waals surface area contributed by atoms with Crippen LogP contribution in [0.3, 0.4) is 0 Å². The van der Waals surface area contributed by atoms with Gasteiger partial charge in [0.15, 0.2) is 5.79 Å². The van der Waals surface area contributed by atoms with E-state index >= 15 is 0 Å². The fourth-order valence-electron chi connectivity index (χ4n) is 2.82. The molecule has 1 unspecified atom stereocenters. The van der Waals surface area contributed by atoms with Crippen molar-refractivity contribution in [2.75, 3.05) is 26.3 Å². The smallest absolute Gasteiger partial charge is 0.227 e. The Hall–Kier alpha value is -1.46. The molecular weight excluding hydrogens is 256 g/mol. The molecule has 0 radical (unpaired) electrons. The van der Waals surface area contributed by atoms with Gasteiger partial charge >= 0.3 is 0 Å². The lowest BCUT2D eigenvalue weighted by Crippen LogP contribution is -2.56. The van der Waals surface area contributed by atoms with Gasteiger partial charge in [-0.25, -0.2) is 0 Å². The second-order valence-corrected chi connectivity index (χ2v) is 5.42. The van der Waals surface area contributed by atoms with Crippen molar-refractivity contribution in [2.24, 2.45) is 0 Å². The molecule has 1 atom stereocenters. The fraction of sp³-hybridized carbons (Fsp3) is 0.600. The molecule has 5 nitrogen and oxygen atoms in total. The van der Waals surface area contributed by atoms with Crippen LogP contribution in [0.4, 0.5) is 0 Å². The van der Waals surface area contributed by atoms with Crippen molar-refractivity contribution in [1.82, 2.24) is 9.88 Å². The first-order valence-corrected chi connectivity index (χ1v) is 7.22. The van der Waals surface area contributed by atoms with Crippen molar-refractivity contribution in [3.8, 4) is 0 Å². The minimum absolute atomic E-state index is 0.120. The zero-order valence-electron chi connectivity index (χ0n) is 11.6. The molecule has 0 bridgehead atoms. The van der Waals surface area contributed by atoms with Gasteiger partial charge in [0.1, 0.15) is 0 Å². The molecule has 0 aliphatic carbocycles. The Kier molecular flexibility index (Phi) is 3.98. The van der Waals surface area contributed by atoms with Crippen LogP contribution in [-0.2, 0) is 20.7 Å². The van der Waals surface area contributed by atoms with Crippen LogP contribution in [0.15, 0.2) is 24.5 Å². The second-order valence-electron chi connectivity index (χ2n) is 5.42.